The number of halogens is 3. The van der Waals surface area contributed by atoms with Crippen molar-refractivity contribution < 1.29 is 22.6 Å². The van der Waals surface area contributed by atoms with E-state index in [1.165, 1.54) is 19.2 Å². The second-order valence-corrected chi connectivity index (χ2v) is 6.64. The van der Waals surface area contributed by atoms with E-state index in [0.717, 1.165) is 12.3 Å². The first-order valence-electron chi connectivity index (χ1n) is 5.29. The van der Waals surface area contributed by atoms with Crippen LogP contribution in [0.2, 0.25) is 0 Å². The number of hydrogen-bond donors (Lipinski definition) is 2. The first-order valence-corrected chi connectivity index (χ1v) is 7.28. The van der Waals surface area contributed by atoms with E-state index in [-0.39, 0.29) is 0 Å². The van der Waals surface area contributed by atoms with Crippen molar-refractivity contribution in [3.8, 4) is 0 Å². The molecule has 0 saturated carbocycles. The molecular weight excluding hydrogens is 297 g/mol. The van der Waals surface area contributed by atoms with Crippen molar-refractivity contribution in [2.45, 2.75) is 18.3 Å². The quantitative estimate of drug-likeness (QED) is 0.377. The van der Waals surface area contributed by atoms with Crippen molar-refractivity contribution in [3.63, 3.8) is 0 Å². The zero-order valence-electron chi connectivity index (χ0n) is 10.6. The maximum Gasteiger partial charge on any atom is 0.433 e. The third kappa shape index (κ3) is 3.83. The van der Waals surface area contributed by atoms with Crippen LogP contribution < -0.4 is 5.73 Å². The maximum atomic E-state index is 12.4. The number of oxime groups is 1. The summed E-state index contributed by atoms with van der Waals surface area (Å²) in [6.45, 7) is 1.50. The lowest BCUT2D eigenvalue weighted by molar-refractivity contribution is -0.141. The van der Waals surface area contributed by atoms with Crippen molar-refractivity contribution in [3.05, 3.63) is 29.6 Å². The second kappa shape index (κ2) is 5.65. The van der Waals surface area contributed by atoms with Crippen molar-refractivity contribution in [2.24, 2.45) is 15.3 Å². The molecule has 1 rings (SSSR count). The van der Waals surface area contributed by atoms with Crippen molar-refractivity contribution in [1.29, 1.82) is 0 Å². The number of aromatic nitrogens is 1. The van der Waals surface area contributed by atoms with Gasteiger partial charge in [-0.05, 0) is 23.7 Å². The lowest BCUT2D eigenvalue weighted by atomic mass is 10.2. The van der Waals surface area contributed by atoms with Gasteiger partial charge in [-0.3, -0.25) is 4.98 Å². The van der Waals surface area contributed by atoms with E-state index in [0.29, 0.717) is 5.56 Å². The SMILES string of the molecule is CC(c1ccc(C(F)(F)F)nc1)S(C)(=O)=N/C(N)=N\O. The summed E-state index contributed by atoms with van der Waals surface area (Å²) in [4.78, 5) is 3.28. The molecule has 0 bridgehead atoms. The molecule has 1 heterocycles. The normalized spacial score (nSPS) is 17.4. The van der Waals surface area contributed by atoms with Crippen LogP contribution in [0.25, 0.3) is 0 Å². The first-order chi connectivity index (χ1) is 9.08. The fraction of sp³-hybridized carbons (Fsp3) is 0.400. The molecule has 0 aromatic carbocycles. The molecule has 6 nitrogen and oxygen atoms in total. The maximum absolute atomic E-state index is 12.4. The van der Waals surface area contributed by atoms with E-state index < -0.39 is 32.8 Å². The Hall–Kier alpha value is -1.84. The standard InChI is InChI=1S/C10H13F3N4O2S/c1-6(20(2,19)17-9(14)16-18)7-3-4-8(15-5-7)10(11,12)13/h3-6,18H,1-2H3,(H2,14,16). The highest BCUT2D eigenvalue weighted by atomic mass is 32.2. The largest absolute Gasteiger partial charge is 0.433 e. The van der Waals surface area contributed by atoms with E-state index in [9.17, 15) is 17.4 Å². The van der Waals surface area contributed by atoms with Gasteiger partial charge >= 0.3 is 6.18 Å². The molecule has 0 fully saturated rings. The molecule has 0 spiro atoms. The molecule has 1 aromatic rings. The Kier molecular flexibility index (Phi) is 4.58. The minimum Gasteiger partial charge on any atom is -0.408 e. The van der Waals surface area contributed by atoms with Crippen LogP contribution in [0.4, 0.5) is 13.2 Å². The fourth-order valence-electron chi connectivity index (χ4n) is 1.35. The first kappa shape index (κ1) is 16.2. The molecule has 20 heavy (non-hydrogen) atoms. The van der Waals surface area contributed by atoms with Gasteiger partial charge in [0.1, 0.15) is 5.69 Å². The minimum atomic E-state index is -4.53. The zero-order chi connectivity index (χ0) is 15.6. The van der Waals surface area contributed by atoms with Crippen LogP contribution in [0.15, 0.2) is 27.8 Å². The molecule has 3 N–H and O–H groups in total. The summed E-state index contributed by atoms with van der Waals surface area (Å²) >= 11 is 0. The number of alkyl halides is 3. The van der Waals surface area contributed by atoms with Crippen LogP contribution in [-0.2, 0) is 15.9 Å². The zero-order valence-corrected chi connectivity index (χ0v) is 11.4. The van der Waals surface area contributed by atoms with E-state index >= 15 is 0 Å². The highest BCUT2D eigenvalue weighted by molar-refractivity contribution is 7.93. The summed E-state index contributed by atoms with van der Waals surface area (Å²) in [6.07, 6.45) is -2.29. The average Bonchev–Trinajstić information content (AvgIpc) is 2.36. The Bertz CT molecular complexity index is 618. The Morgan fingerprint density at radius 3 is 2.50 bits per heavy atom. The molecule has 0 saturated heterocycles. The van der Waals surface area contributed by atoms with E-state index in [1.54, 1.807) is 0 Å². The molecule has 2 unspecified atom stereocenters. The second-order valence-electron chi connectivity index (χ2n) is 4.03. The van der Waals surface area contributed by atoms with E-state index in [4.69, 9.17) is 10.9 Å². The lowest BCUT2D eigenvalue weighted by Crippen LogP contribution is -2.16. The van der Waals surface area contributed by atoms with Gasteiger partial charge in [0, 0.05) is 12.5 Å². The third-order valence-corrected chi connectivity index (χ3v) is 4.71. The summed E-state index contributed by atoms with van der Waals surface area (Å²) in [7, 11) is -2.94. The van der Waals surface area contributed by atoms with Crippen LogP contribution >= 0.6 is 0 Å². The van der Waals surface area contributed by atoms with Crippen LogP contribution in [-0.4, -0.2) is 26.6 Å². The monoisotopic (exact) mass is 310 g/mol. The van der Waals surface area contributed by atoms with Crippen molar-refractivity contribution in [2.75, 3.05) is 6.26 Å². The van der Waals surface area contributed by atoms with Gasteiger partial charge in [0.05, 0.1) is 15.0 Å². The van der Waals surface area contributed by atoms with Gasteiger partial charge < -0.3 is 10.9 Å². The average molecular weight is 310 g/mol. The summed E-state index contributed by atoms with van der Waals surface area (Å²) in [6, 6.07) is 1.97. The highest BCUT2D eigenvalue weighted by Crippen LogP contribution is 2.29. The third-order valence-electron chi connectivity index (χ3n) is 2.58. The van der Waals surface area contributed by atoms with Gasteiger partial charge in [0.15, 0.2) is 0 Å². The highest BCUT2D eigenvalue weighted by Gasteiger charge is 2.32. The molecule has 10 heteroatoms. The van der Waals surface area contributed by atoms with Crippen LogP contribution in [0.1, 0.15) is 23.4 Å². The number of guanidine groups is 1. The number of rotatable bonds is 2. The molecule has 2 atom stereocenters. The molecule has 0 aliphatic carbocycles. The summed E-state index contributed by atoms with van der Waals surface area (Å²) in [5.74, 6) is -0.566. The van der Waals surface area contributed by atoms with Gasteiger partial charge in [0.25, 0.3) is 5.96 Å². The van der Waals surface area contributed by atoms with Gasteiger partial charge in [0.2, 0.25) is 0 Å². The minimum absolute atomic E-state index is 0.306. The van der Waals surface area contributed by atoms with Crippen molar-refractivity contribution in [1.82, 2.24) is 4.98 Å². The molecular formula is C10H13F3N4O2S. The number of nitrogens with zero attached hydrogens (tertiary/aromatic N) is 3. The van der Waals surface area contributed by atoms with Gasteiger partial charge in [-0.2, -0.15) is 17.5 Å². The molecule has 0 amide bonds. The van der Waals surface area contributed by atoms with Crippen LogP contribution in [0, 0.1) is 0 Å². The Labute approximate surface area is 113 Å². The Balaban J connectivity index is 3.14. The summed E-state index contributed by atoms with van der Waals surface area (Å²) in [5, 5.41) is 10.2. The van der Waals surface area contributed by atoms with Crippen LogP contribution in [0.5, 0.6) is 0 Å². The molecule has 0 aliphatic rings. The number of nitrogens with two attached hydrogens (primary N) is 1. The summed E-state index contributed by atoms with van der Waals surface area (Å²) < 4.78 is 52.9. The molecule has 112 valence electrons. The Morgan fingerprint density at radius 1 is 1.50 bits per heavy atom. The van der Waals surface area contributed by atoms with Gasteiger partial charge in [-0.25, -0.2) is 4.21 Å². The molecule has 1 aromatic heterocycles. The van der Waals surface area contributed by atoms with Crippen LogP contribution in [0.3, 0.4) is 0 Å². The van der Waals surface area contributed by atoms with E-state index in [1.807, 2.05) is 0 Å². The predicted octanol–water partition coefficient (Wildman–Crippen LogP) is 1.96. The van der Waals surface area contributed by atoms with Crippen molar-refractivity contribution >= 4 is 15.7 Å². The number of pyridine rings is 1. The smallest absolute Gasteiger partial charge is 0.408 e. The number of hydrogen-bond acceptors (Lipinski definition) is 4. The Morgan fingerprint density at radius 2 is 2.10 bits per heavy atom. The van der Waals surface area contributed by atoms with Gasteiger partial charge in [-0.1, -0.05) is 6.07 Å². The van der Waals surface area contributed by atoms with Gasteiger partial charge in [-0.15, -0.1) is 0 Å². The predicted molar refractivity (Wildman–Crippen MR) is 67.6 cm³/mol. The lowest BCUT2D eigenvalue weighted by Gasteiger charge is -2.14. The molecule has 0 radical (unpaired) electrons. The van der Waals surface area contributed by atoms with E-state index in [2.05, 4.69) is 14.5 Å². The topological polar surface area (TPSA) is 101 Å². The fourth-order valence-corrected chi connectivity index (χ4v) is 2.56. The molecule has 0 aliphatic heterocycles. The summed E-state index contributed by atoms with van der Waals surface area (Å²) in [5.41, 5.74) is 4.41.